The molecule has 2 aromatic rings. The van der Waals surface area contributed by atoms with E-state index in [-0.39, 0.29) is 24.3 Å². The minimum absolute atomic E-state index is 0.0222. The Balaban J connectivity index is 1.83. The fourth-order valence-corrected chi connectivity index (χ4v) is 4.07. The lowest BCUT2D eigenvalue weighted by Crippen LogP contribution is -2.58. The van der Waals surface area contributed by atoms with Crippen LogP contribution in [-0.4, -0.2) is 25.2 Å². The number of nitrogens with one attached hydrogen (secondary N) is 3. The van der Waals surface area contributed by atoms with Crippen molar-refractivity contribution in [3.8, 4) is 0 Å². The largest absolute Gasteiger partial charge is 0.416 e. The summed E-state index contributed by atoms with van der Waals surface area (Å²) in [7, 11) is 0. The Morgan fingerprint density at radius 2 is 1.71 bits per heavy atom. The standard InChI is InChI=1S/C23H26F6N4O2/c1-14(15-9-17(22(24,25)26)11-18(10-15)23(27,28)29)35-13-21(16-5-3-2-4-6-16)8-7-19(12-31-21)32-20(34)33-30/h2-6,9-11,14,19,31H,7-8,12-13,30H2,1H3,(H2,32,33,34)/t14-,19?,21?/m1/s1. The third-order valence-corrected chi connectivity index (χ3v) is 6.06. The summed E-state index contributed by atoms with van der Waals surface area (Å²) >= 11 is 0. The number of nitrogens with two attached hydrogens (primary N) is 1. The number of amides is 2. The first-order chi connectivity index (χ1) is 16.3. The lowest BCUT2D eigenvalue weighted by molar-refractivity contribution is -0.143. The molecule has 2 amide bonds. The van der Waals surface area contributed by atoms with Crippen molar-refractivity contribution < 1.29 is 35.9 Å². The van der Waals surface area contributed by atoms with Crippen LogP contribution in [0.5, 0.6) is 0 Å². The van der Waals surface area contributed by atoms with Crippen LogP contribution < -0.4 is 21.9 Å². The number of hydrogen-bond acceptors (Lipinski definition) is 4. The van der Waals surface area contributed by atoms with Gasteiger partial charge >= 0.3 is 18.4 Å². The van der Waals surface area contributed by atoms with Crippen LogP contribution in [0.15, 0.2) is 48.5 Å². The van der Waals surface area contributed by atoms with Gasteiger partial charge in [-0.05, 0) is 49.1 Å². The third kappa shape index (κ3) is 6.65. The topological polar surface area (TPSA) is 88.4 Å². The van der Waals surface area contributed by atoms with Gasteiger partial charge in [0.2, 0.25) is 0 Å². The molecule has 0 bridgehead atoms. The average molecular weight is 504 g/mol. The first-order valence-corrected chi connectivity index (χ1v) is 10.8. The monoisotopic (exact) mass is 504 g/mol. The highest BCUT2D eigenvalue weighted by Crippen LogP contribution is 2.39. The Kier molecular flexibility index (Phi) is 7.97. The van der Waals surface area contributed by atoms with Crippen LogP contribution in [0, 0.1) is 0 Å². The molecule has 3 rings (SSSR count). The van der Waals surface area contributed by atoms with Gasteiger partial charge in [0.1, 0.15) is 0 Å². The number of rotatable bonds is 6. The molecule has 2 unspecified atom stereocenters. The highest BCUT2D eigenvalue weighted by atomic mass is 19.4. The summed E-state index contributed by atoms with van der Waals surface area (Å²) in [4.78, 5) is 11.5. The fourth-order valence-electron chi connectivity index (χ4n) is 4.07. The predicted molar refractivity (Wildman–Crippen MR) is 116 cm³/mol. The lowest BCUT2D eigenvalue weighted by atomic mass is 9.81. The van der Waals surface area contributed by atoms with Crippen molar-refractivity contribution in [2.45, 2.75) is 49.8 Å². The number of piperidine rings is 1. The number of ether oxygens (including phenoxy) is 1. The smallest absolute Gasteiger partial charge is 0.372 e. The maximum atomic E-state index is 13.3. The molecule has 0 aliphatic carbocycles. The number of halogens is 6. The van der Waals surface area contributed by atoms with Gasteiger partial charge in [0.05, 0.1) is 29.4 Å². The Hall–Kier alpha value is -2.83. The van der Waals surface area contributed by atoms with Crippen LogP contribution in [0.4, 0.5) is 31.1 Å². The molecule has 1 fully saturated rings. The summed E-state index contributed by atoms with van der Waals surface area (Å²) < 4.78 is 85.4. The van der Waals surface area contributed by atoms with Gasteiger partial charge in [-0.15, -0.1) is 0 Å². The van der Waals surface area contributed by atoms with Gasteiger partial charge < -0.3 is 15.4 Å². The van der Waals surface area contributed by atoms with Gasteiger partial charge in [-0.2, -0.15) is 26.3 Å². The van der Waals surface area contributed by atoms with Crippen LogP contribution in [0.25, 0.3) is 0 Å². The summed E-state index contributed by atoms with van der Waals surface area (Å²) in [5, 5.41) is 6.04. The highest BCUT2D eigenvalue weighted by molar-refractivity contribution is 5.73. The Morgan fingerprint density at radius 1 is 1.11 bits per heavy atom. The van der Waals surface area contributed by atoms with E-state index in [1.54, 1.807) is 0 Å². The molecule has 2 aromatic carbocycles. The van der Waals surface area contributed by atoms with Crippen molar-refractivity contribution in [3.05, 3.63) is 70.8 Å². The van der Waals surface area contributed by atoms with Crippen molar-refractivity contribution in [2.75, 3.05) is 13.2 Å². The SMILES string of the molecule is C[C@@H](OCC1(c2ccccc2)CCC(NC(=O)NN)CN1)c1cc(C(F)(F)F)cc(C(F)(F)F)c1. The first-order valence-electron chi connectivity index (χ1n) is 10.8. The van der Waals surface area contributed by atoms with E-state index in [0.29, 0.717) is 31.5 Å². The van der Waals surface area contributed by atoms with Crippen LogP contribution in [0.3, 0.4) is 0 Å². The molecule has 1 aliphatic rings. The summed E-state index contributed by atoms with van der Waals surface area (Å²) in [5.41, 5.74) is -0.942. The molecule has 1 aliphatic heterocycles. The Morgan fingerprint density at radius 3 is 2.20 bits per heavy atom. The molecule has 3 atom stereocenters. The fraction of sp³-hybridized carbons (Fsp3) is 0.435. The Bertz CT molecular complexity index is 973. The number of carbonyl (C=O) groups is 1. The minimum Gasteiger partial charge on any atom is -0.372 e. The van der Waals surface area contributed by atoms with Crippen LogP contribution >= 0.6 is 0 Å². The second kappa shape index (κ2) is 10.4. The van der Waals surface area contributed by atoms with Gasteiger partial charge in [-0.3, -0.25) is 5.43 Å². The molecular formula is C23H26F6N4O2. The van der Waals surface area contributed by atoms with Crippen LogP contribution in [0.1, 0.15) is 48.1 Å². The van der Waals surface area contributed by atoms with Crippen molar-refractivity contribution in [1.29, 1.82) is 0 Å². The van der Waals surface area contributed by atoms with Gasteiger partial charge in [0.25, 0.3) is 0 Å². The molecule has 1 saturated heterocycles. The van der Waals surface area contributed by atoms with E-state index in [2.05, 4.69) is 10.6 Å². The molecule has 0 aromatic heterocycles. The number of hydrazine groups is 1. The molecule has 5 N–H and O–H groups in total. The molecule has 1 heterocycles. The quantitative estimate of drug-likeness (QED) is 0.200. The van der Waals surface area contributed by atoms with Gasteiger partial charge in [0.15, 0.2) is 0 Å². The van der Waals surface area contributed by atoms with E-state index >= 15 is 0 Å². The summed E-state index contributed by atoms with van der Waals surface area (Å²) in [6.45, 7) is 1.74. The van der Waals surface area contributed by atoms with E-state index in [4.69, 9.17) is 10.6 Å². The van der Waals surface area contributed by atoms with Gasteiger partial charge in [0, 0.05) is 12.6 Å². The number of urea groups is 1. The zero-order valence-corrected chi connectivity index (χ0v) is 18.8. The summed E-state index contributed by atoms with van der Waals surface area (Å²) in [6, 6.07) is 9.83. The second-order valence-corrected chi connectivity index (χ2v) is 8.47. The second-order valence-electron chi connectivity index (χ2n) is 8.47. The van der Waals surface area contributed by atoms with Crippen molar-refractivity contribution >= 4 is 6.03 Å². The van der Waals surface area contributed by atoms with E-state index in [1.807, 2.05) is 35.8 Å². The third-order valence-electron chi connectivity index (χ3n) is 6.06. The number of hydrogen-bond donors (Lipinski definition) is 4. The average Bonchev–Trinajstić information content (AvgIpc) is 2.82. The molecular weight excluding hydrogens is 478 g/mol. The molecule has 0 spiro atoms. The van der Waals surface area contributed by atoms with E-state index < -0.39 is 41.2 Å². The van der Waals surface area contributed by atoms with Gasteiger partial charge in [-0.25, -0.2) is 10.6 Å². The highest BCUT2D eigenvalue weighted by Gasteiger charge is 2.39. The molecule has 6 nitrogen and oxygen atoms in total. The molecule has 0 radical (unpaired) electrons. The maximum Gasteiger partial charge on any atom is 0.416 e. The van der Waals surface area contributed by atoms with Crippen molar-refractivity contribution in [3.63, 3.8) is 0 Å². The lowest BCUT2D eigenvalue weighted by Gasteiger charge is -2.42. The first kappa shape index (κ1) is 26.8. The normalized spacial score (nSPS) is 21.9. The molecule has 12 heteroatoms. The predicted octanol–water partition coefficient (Wildman–Crippen LogP) is 4.62. The maximum absolute atomic E-state index is 13.3. The molecule has 192 valence electrons. The Labute approximate surface area is 198 Å². The van der Waals surface area contributed by atoms with E-state index in [9.17, 15) is 31.1 Å². The van der Waals surface area contributed by atoms with Crippen molar-refractivity contribution in [1.82, 2.24) is 16.1 Å². The van der Waals surface area contributed by atoms with Crippen LogP contribution in [-0.2, 0) is 22.6 Å². The summed E-state index contributed by atoms with van der Waals surface area (Å²) in [5.74, 6) is 5.10. The van der Waals surface area contributed by atoms with E-state index in [0.717, 1.165) is 5.56 Å². The summed E-state index contributed by atoms with van der Waals surface area (Å²) in [6.07, 6.45) is -9.92. The number of alkyl halides is 6. The number of carbonyl (C=O) groups excluding carboxylic acids is 1. The number of benzene rings is 2. The van der Waals surface area contributed by atoms with Crippen LogP contribution in [0.2, 0.25) is 0 Å². The van der Waals surface area contributed by atoms with Gasteiger partial charge in [-0.1, -0.05) is 30.3 Å². The zero-order valence-electron chi connectivity index (χ0n) is 18.8. The molecule has 0 saturated carbocycles. The zero-order chi connectivity index (χ0) is 25.9. The van der Waals surface area contributed by atoms with E-state index in [1.165, 1.54) is 6.92 Å². The molecule has 35 heavy (non-hydrogen) atoms. The minimum atomic E-state index is -4.94. The van der Waals surface area contributed by atoms with Crippen molar-refractivity contribution in [2.24, 2.45) is 5.84 Å².